The van der Waals surface area contributed by atoms with E-state index in [1.54, 1.807) is 25.6 Å². The molecule has 1 N–H and O–H groups in total. The van der Waals surface area contributed by atoms with Gasteiger partial charge in [0.05, 0.1) is 17.3 Å². The Labute approximate surface area is 128 Å². The molecule has 0 spiro atoms. The van der Waals surface area contributed by atoms with Crippen LogP contribution in [-0.4, -0.2) is 22.2 Å². The van der Waals surface area contributed by atoms with Crippen molar-refractivity contribution in [2.45, 2.75) is 6.10 Å². The Balaban J connectivity index is 2.18. The van der Waals surface area contributed by atoms with Crippen molar-refractivity contribution in [1.29, 1.82) is 0 Å². The van der Waals surface area contributed by atoms with Gasteiger partial charge in [-0.3, -0.25) is 4.98 Å². The Morgan fingerprint density at radius 2 is 2.25 bits per heavy atom. The number of benzene rings is 1. The van der Waals surface area contributed by atoms with Crippen LogP contribution in [0.1, 0.15) is 17.2 Å². The number of ether oxygens (including phenoxy) is 1. The maximum atomic E-state index is 10.6. The van der Waals surface area contributed by atoms with Gasteiger partial charge in [-0.2, -0.15) is 0 Å². The Kier molecular flexibility index (Phi) is 3.69. The second-order valence-corrected chi connectivity index (χ2v) is 6.53. The smallest absolute Gasteiger partial charge is 0.160 e. The number of halogens is 1. The van der Waals surface area contributed by atoms with Crippen LogP contribution in [-0.2, 0) is 0 Å². The normalized spacial score (nSPS) is 12.6. The second-order valence-electron chi connectivity index (χ2n) is 4.22. The second kappa shape index (κ2) is 5.47. The molecule has 102 valence electrons. The van der Waals surface area contributed by atoms with Gasteiger partial charge in [-0.15, -0.1) is 11.3 Å². The molecule has 4 nitrogen and oxygen atoms in total. The molecule has 20 heavy (non-hydrogen) atoms. The van der Waals surface area contributed by atoms with Gasteiger partial charge in [0.15, 0.2) is 3.92 Å². The van der Waals surface area contributed by atoms with Gasteiger partial charge < -0.3 is 9.84 Å². The number of hydrogen-bond donors (Lipinski definition) is 1. The number of fused-ring (bicyclic) bond motifs is 1. The number of thiazole rings is 1. The lowest BCUT2D eigenvalue weighted by atomic mass is 10.0. The summed E-state index contributed by atoms with van der Waals surface area (Å²) in [6.07, 6.45) is 2.55. The van der Waals surface area contributed by atoms with Gasteiger partial charge in [0.25, 0.3) is 0 Å². The molecule has 0 aliphatic heterocycles. The average Bonchev–Trinajstić information content (AvgIpc) is 2.86. The maximum Gasteiger partial charge on any atom is 0.160 e. The lowest BCUT2D eigenvalue weighted by molar-refractivity contribution is 0.220. The van der Waals surface area contributed by atoms with E-state index >= 15 is 0 Å². The number of pyridine rings is 1. The van der Waals surface area contributed by atoms with Crippen LogP contribution in [0.3, 0.4) is 0 Å². The summed E-state index contributed by atoms with van der Waals surface area (Å²) in [4.78, 5) is 8.48. The van der Waals surface area contributed by atoms with Crippen molar-refractivity contribution in [3.05, 3.63) is 51.7 Å². The van der Waals surface area contributed by atoms with Crippen LogP contribution in [0.25, 0.3) is 10.2 Å². The van der Waals surface area contributed by atoms with E-state index in [9.17, 15) is 5.11 Å². The molecule has 3 rings (SSSR count). The predicted molar refractivity (Wildman–Crippen MR) is 82.2 cm³/mol. The molecule has 0 saturated carbocycles. The Bertz CT molecular complexity index is 746. The summed E-state index contributed by atoms with van der Waals surface area (Å²) < 4.78 is 7.04. The van der Waals surface area contributed by atoms with Gasteiger partial charge in [0, 0.05) is 23.5 Å². The van der Waals surface area contributed by atoms with E-state index in [2.05, 4.69) is 25.9 Å². The molecule has 1 atom stereocenters. The van der Waals surface area contributed by atoms with E-state index in [4.69, 9.17) is 4.74 Å². The van der Waals surface area contributed by atoms with E-state index in [1.165, 1.54) is 11.3 Å². The zero-order chi connectivity index (χ0) is 14.1. The van der Waals surface area contributed by atoms with E-state index in [-0.39, 0.29) is 0 Å². The number of rotatable bonds is 3. The van der Waals surface area contributed by atoms with Crippen LogP contribution in [0.4, 0.5) is 0 Å². The molecule has 0 aliphatic carbocycles. The molecule has 0 saturated heterocycles. The summed E-state index contributed by atoms with van der Waals surface area (Å²) in [5.74, 6) is 0.701. The monoisotopic (exact) mass is 350 g/mol. The van der Waals surface area contributed by atoms with Crippen LogP contribution in [0, 0.1) is 0 Å². The highest BCUT2D eigenvalue weighted by molar-refractivity contribution is 9.11. The number of hydrogen-bond acceptors (Lipinski definition) is 5. The highest BCUT2D eigenvalue weighted by atomic mass is 79.9. The van der Waals surface area contributed by atoms with Gasteiger partial charge in [0.2, 0.25) is 0 Å². The van der Waals surface area contributed by atoms with Crippen LogP contribution >= 0.6 is 27.3 Å². The lowest BCUT2D eigenvalue weighted by Crippen LogP contribution is -2.01. The molecule has 0 aliphatic rings. The average molecular weight is 351 g/mol. The molecular weight excluding hydrogens is 340 g/mol. The van der Waals surface area contributed by atoms with E-state index < -0.39 is 6.10 Å². The van der Waals surface area contributed by atoms with Crippen molar-refractivity contribution in [3.8, 4) is 5.75 Å². The first kappa shape index (κ1) is 13.5. The van der Waals surface area contributed by atoms with Crippen molar-refractivity contribution in [1.82, 2.24) is 9.97 Å². The number of nitrogens with zero attached hydrogens (tertiary/aromatic N) is 2. The lowest BCUT2D eigenvalue weighted by Gasteiger charge is -2.13. The molecule has 6 heteroatoms. The predicted octanol–water partition coefficient (Wildman–Crippen LogP) is 3.54. The van der Waals surface area contributed by atoms with Crippen molar-refractivity contribution >= 4 is 37.5 Å². The SMILES string of the molecule is COc1cc(C(O)c2cccnc2)c2nc(Br)sc2c1. The zero-order valence-electron chi connectivity index (χ0n) is 10.6. The zero-order valence-corrected chi connectivity index (χ0v) is 13.0. The number of methoxy groups -OCH3 is 1. The molecular formula is C14H11BrN2O2S. The number of aromatic nitrogens is 2. The standard InChI is InChI=1S/C14H11BrN2O2S/c1-19-9-5-10(12-11(6-9)20-14(15)17-12)13(18)8-3-2-4-16-7-8/h2-7,13,18H,1H3. The third-order valence-electron chi connectivity index (χ3n) is 3.00. The minimum absolute atomic E-state index is 0.701. The molecule has 2 aromatic heterocycles. The molecule has 0 fully saturated rings. The van der Waals surface area contributed by atoms with E-state index in [1.807, 2.05) is 18.2 Å². The molecule has 1 unspecified atom stereocenters. The quantitative estimate of drug-likeness (QED) is 0.784. The van der Waals surface area contributed by atoms with Gasteiger partial charge >= 0.3 is 0 Å². The summed E-state index contributed by atoms with van der Waals surface area (Å²) in [6, 6.07) is 7.36. The first-order valence-electron chi connectivity index (χ1n) is 5.91. The summed E-state index contributed by atoms with van der Waals surface area (Å²) in [5.41, 5.74) is 2.22. The molecule has 0 radical (unpaired) electrons. The highest BCUT2D eigenvalue weighted by Gasteiger charge is 2.18. The van der Waals surface area contributed by atoms with Gasteiger partial charge in [-0.05, 0) is 34.1 Å². The summed E-state index contributed by atoms with van der Waals surface area (Å²) in [7, 11) is 1.61. The fraction of sp³-hybridized carbons (Fsp3) is 0.143. The first-order valence-corrected chi connectivity index (χ1v) is 7.52. The fourth-order valence-electron chi connectivity index (χ4n) is 2.05. The van der Waals surface area contributed by atoms with Crippen LogP contribution < -0.4 is 4.74 Å². The molecule has 3 aromatic rings. The van der Waals surface area contributed by atoms with Crippen molar-refractivity contribution in [3.63, 3.8) is 0 Å². The van der Waals surface area contributed by atoms with Crippen LogP contribution in [0.2, 0.25) is 0 Å². The van der Waals surface area contributed by atoms with Gasteiger partial charge in [-0.25, -0.2) is 4.98 Å². The highest BCUT2D eigenvalue weighted by Crippen LogP contribution is 2.36. The Morgan fingerprint density at radius 1 is 1.40 bits per heavy atom. The van der Waals surface area contributed by atoms with Crippen molar-refractivity contribution in [2.24, 2.45) is 0 Å². The Hall–Kier alpha value is -1.50. The maximum absolute atomic E-state index is 10.6. The summed E-state index contributed by atoms with van der Waals surface area (Å²) in [6.45, 7) is 0. The Morgan fingerprint density at radius 3 is 2.95 bits per heavy atom. The van der Waals surface area contributed by atoms with Gasteiger partial charge in [0.1, 0.15) is 11.9 Å². The minimum atomic E-state index is -0.782. The number of aliphatic hydroxyl groups is 1. The summed E-state index contributed by atoms with van der Waals surface area (Å²) >= 11 is 4.89. The largest absolute Gasteiger partial charge is 0.497 e. The van der Waals surface area contributed by atoms with Crippen molar-refractivity contribution < 1.29 is 9.84 Å². The first-order chi connectivity index (χ1) is 9.69. The van der Waals surface area contributed by atoms with Gasteiger partial charge in [-0.1, -0.05) is 6.07 Å². The topological polar surface area (TPSA) is 55.2 Å². The minimum Gasteiger partial charge on any atom is -0.497 e. The van der Waals surface area contributed by atoms with Crippen LogP contribution in [0.15, 0.2) is 40.6 Å². The third-order valence-corrected chi connectivity index (χ3v) is 4.46. The summed E-state index contributed by atoms with van der Waals surface area (Å²) in [5, 5.41) is 10.6. The van der Waals surface area contributed by atoms with Crippen LogP contribution in [0.5, 0.6) is 5.75 Å². The molecule has 1 aromatic carbocycles. The van der Waals surface area contributed by atoms with Crippen molar-refractivity contribution in [2.75, 3.05) is 7.11 Å². The fourth-order valence-corrected chi connectivity index (χ4v) is 3.50. The molecule has 0 bridgehead atoms. The third kappa shape index (κ3) is 2.42. The molecule has 2 heterocycles. The van der Waals surface area contributed by atoms with E-state index in [0.717, 1.165) is 19.7 Å². The van der Waals surface area contributed by atoms with E-state index in [0.29, 0.717) is 11.3 Å². The molecule has 0 amide bonds. The number of aliphatic hydroxyl groups excluding tert-OH is 1.